The van der Waals surface area contributed by atoms with Gasteiger partial charge in [0.2, 0.25) is 5.91 Å². The number of amides is 1. The molecule has 66 heavy (non-hydrogen) atoms. The predicted octanol–water partition coefficient (Wildman–Crippen LogP) is 13.6. The minimum absolute atomic E-state index is 0.143. The molecule has 9 nitrogen and oxygen atoms in total. The van der Waals surface area contributed by atoms with E-state index >= 15 is 0 Å². The number of hydrogen-bond acceptors (Lipinski definition) is 8. The van der Waals surface area contributed by atoms with E-state index in [0.29, 0.717) is 12.8 Å². The zero-order valence-electron chi connectivity index (χ0n) is 43.0. The summed E-state index contributed by atoms with van der Waals surface area (Å²) < 4.78 is 11.3. The first-order valence-electron chi connectivity index (χ1n) is 28.2. The minimum atomic E-state index is -1.56. The monoisotopic (exact) mass is 934 g/mol. The molecule has 6 N–H and O–H groups in total. The molecule has 0 aromatic rings. The second kappa shape index (κ2) is 47.1. The predicted molar refractivity (Wildman–Crippen MR) is 276 cm³/mol. The van der Waals surface area contributed by atoms with Crippen LogP contribution < -0.4 is 5.32 Å². The Balaban J connectivity index is 2.23. The molecule has 1 amide bonds. The maximum absolute atomic E-state index is 13.1. The molecule has 1 aliphatic heterocycles. The molecular formula is C57H107NO8. The molecule has 7 atom stereocenters. The SMILES string of the molecule is CCCCC/C=C\C/C=C\C/C=C\CCCCCCCCC(=O)NC(COC1OC(CO)C(O)C(O)C1O)C(O)CCCCCCCCCCCCCCCCCCCCCCCCCC. The minimum Gasteiger partial charge on any atom is -0.394 e. The highest BCUT2D eigenvalue weighted by molar-refractivity contribution is 5.76. The first-order valence-corrected chi connectivity index (χ1v) is 28.2. The molecule has 7 unspecified atom stereocenters. The van der Waals surface area contributed by atoms with Crippen molar-refractivity contribution in [2.45, 2.75) is 307 Å². The molecule has 0 aliphatic carbocycles. The smallest absolute Gasteiger partial charge is 0.220 e. The van der Waals surface area contributed by atoms with Crippen LogP contribution >= 0.6 is 0 Å². The summed E-state index contributed by atoms with van der Waals surface area (Å²) in [4.78, 5) is 13.1. The van der Waals surface area contributed by atoms with Gasteiger partial charge >= 0.3 is 0 Å². The summed E-state index contributed by atoms with van der Waals surface area (Å²) in [5.41, 5.74) is 0. The molecule has 1 fully saturated rings. The van der Waals surface area contributed by atoms with Gasteiger partial charge in [-0.25, -0.2) is 0 Å². The molecule has 0 aromatic heterocycles. The van der Waals surface area contributed by atoms with Gasteiger partial charge in [0.1, 0.15) is 24.4 Å². The molecule has 388 valence electrons. The van der Waals surface area contributed by atoms with Crippen LogP contribution in [-0.4, -0.2) is 87.5 Å². The highest BCUT2D eigenvalue weighted by Crippen LogP contribution is 2.23. The highest BCUT2D eigenvalue weighted by atomic mass is 16.7. The lowest BCUT2D eigenvalue weighted by Gasteiger charge is -2.40. The number of aliphatic hydroxyl groups excluding tert-OH is 5. The Kier molecular flexibility index (Phi) is 44.6. The summed E-state index contributed by atoms with van der Waals surface area (Å²) in [7, 11) is 0. The Labute approximate surface area is 406 Å². The third-order valence-electron chi connectivity index (χ3n) is 13.5. The van der Waals surface area contributed by atoms with Crippen molar-refractivity contribution in [3.05, 3.63) is 36.5 Å². The molecular weight excluding hydrogens is 827 g/mol. The largest absolute Gasteiger partial charge is 0.394 e. The van der Waals surface area contributed by atoms with Gasteiger partial charge in [-0.1, -0.05) is 243 Å². The number of allylic oxidation sites excluding steroid dienone is 6. The number of hydrogen-bond donors (Lipinski definition) is 6. The molecule has 1 aliphatic rings. The highest BCUT2D eigenvalue weighted by Gasteiger charge is 2.44. The van der Waals surface area contributed by atoms with Gasteiger partial charge < -0.3 is 40.3 Å². The van der Waals surface area contributed by atoms with Gasteiger partial charge in [-0.2, -0.15) is 0 Å². The van der Waals surface area contributed by atoms with E-state index in [1.165, 1.54) is 173 Å². The summed E-state index contributed by atoms with van der Waals surface area (Å²) in [6.07, 6.45) is 53.0. The second-order valence-corrected chi connectivity index (χ2v) is 19.7. The van der Waals surface area contributed by atoms with Crippen LogP contribution in [0.2, 0.25) is 0 Å². The Morgan fingerprint density at radius 3 is 1.35 bits per heavy atom. The first-order chi connectivity index (χ1) is 32.3. The lowest BCUT2D eigenvalue weighted by Crippen LogP contribution is -2.60. The third kappa shape index (κ3) is 36.4. The van der Waals surface area contributed by atoms with Crippen molar-refractivity contribution in [2.75, 3.05) is 13.2 Å². The van der Waals surface area contributed by atoms with Crippen LogP contribution in [-0.2, 0) is 14.3 Å². The number of ether oxygens (including phenoxy) is 2. The molecule has 9 heteroatoms. The van der Waals surface area contributed by atoms with E-state index in [1.807, 2.05) is 0 Å². The quantitative estimate of drug-likeness (QED) is 0.0261. The number of rotatable bonds is 48. The molecule has 1 heterocycles. The van der Waals surface area contributed by atoms with Crippen LogP contribution in [0.25, 0.3) is 0 Å². The van der Waals surface area contributed by atoms with Crippen molar-refractivity contribution in [3.63, 3.8) is 0 Å². The zero-order chi connectivity index (χ0) is 48.0. The van der Waals surface area contributed by atoms with Crippen molar-refractivity contribution in [3.8, 4) is 0 Å². The van der Waals surface area contributed by atoms with Crippen LogP contribution in [0.1, 0.15) is 264 Å². The van der Waals surface area contributed by atoms with Gasteiger partial charge in [0, 0.05) is 6.42 Å². The molecule has 0 aromatic carbocycles. The van der Waals surface area contributed by atoms with Gasteiger partial charge in [0.25, 0.3) is 0 Å². The maximum Gasteiger partial charge on any atom is 0.220 e. The average molecular weight is 934 g/mol. The van der Waals surface area contributed by atoms with E-state index in [9.17, 15) is 30.3 Å². The van der Waals surface area contributed by atoms with Crippen molar-refractivity contribution in [1.82, 2.24) is 5.32 Å². The topological polar surface area (TPSA) is 149 Å². The number of unbranched alkanes of at least 4 members (excludes halogenated alkanes) is 32. The van der Waals surface area contributed by atoms with Gasteiger partial charge in [-0.15, -0.1) is 0 Å². The summed E-state index contributed by atoms with van der Waals surface area (Å²) in [6.45, 7) is 3.83. The van der Waals surface area contributed by atoms with E-state index in [0.717, 1.165) is 64.2 Å². The van der Waals surface area contributed by atoms with Gasteiger partial charge in [0.15, 0.2) is 6.29 Å². The van der Waals surface area contributed by atoms with E-state index in [-0.39, 0.29) is 12.5 Å². The van der Waals surface area contributed by atoms with Crippen molar-refractivity contribution in [2.24, 2.45) is 0 Å². The fourth-order valence-corrected chi connectivity index (χ4v) is 8.99. The fourth-order valence-electron chi connectivity index (χ4n) is 8.99. The van der Waals surface area contributed by atoms with Crippen molar-refractivity contribution >= 4 is 5.91 Å². The van der Waals surface area contributed by atoms with Gasteiger partial charge in [-0.05, 0) is 51.4 Å². The maximum atomic E-state index is 13.1. The number of nitrogens with one attached hydrogen (secondary N) is 1. The Morgan fingerprint density at radius 1 is 0.515 bits per heavy atom. The van der Waals surface area contributed by atoms with Crippen LogP contribution in [0.15, 0.2) is 36.5 Å². The Bertz CT molecular complexity index is 1130. The third-order valence-corrected chi connectivity index (χ3v) is 13.5. The fraction of sp³-hybridized carbons (Fsp3) is 0.877. The molecule has 1 rings (SSSR count). The normalized spacial score (nSPS) is 20.0. The number of carbonyl (C=O) groups excluding carboxylic acids is 1. The molecule has 0 saturated carbocycles. The van der Waals surface area contributed by atoms with E-state index in [4.69, 9.17) is 9.47 Å². The van der Waals surface area contributed by atoms with Crippen LogP contribution in [0.5, 0.6) is 0 Å². The standard InChI is InChI=1S/C57H107NO8/c1-3-5-7-9-11-13-15-17-19-21-23-24-25-26-27-29-30-32-34-36-38-40-42-44-46-51(60)50(49-65-57-56(64)55(63)54(62)52(48-59)66-57)58-53(61)47-45-43-41-39-37-35-33-31-28-22-20-18-16-14-12-10-8-6-4-2/h12,14,18,20,28,31,50-52,54-57,59-60,62-64H,3-11,13,15-17,19,21-27,29-30,32-49H2,1-2H3,(H,58,61)/b14-12-,20-18-,31-28-. The summed E-state index contributed by atoms with van der Waals surface area (Å²) in [5.74, 6) is -0.154. The summed E-state index contributed by atoms with van der Waals surface area (Å²) in [6, 6.07) is -0.727. The first kappa shape index (κ1) is 62.4. The number of aliphatic hydroxyl groups is 5. The van der Waals surface area contributed by atoms with E-state index < -0.39 is 49.5 Å². The summed E-state index contributed by atoms with van der Waals surface area (Å²) >= 11 is 0. The lowest BCUT2D eigenvalue weighted by molar-refractivity contribution is -0.302. The van der Waals surface area contributed by atoms with E-state index in [2.05, 4.69) is 55.6 Å². The summed E-state index contributed by atoms with van der Waals surface area (Å²) in [5, 5.41) is 54.6. The lowest BCUT2D eigenvalue weighted by atomic mass is 9.99. The molecule has 0 bridgehead atoms. The second-order valence-electron chi connectivity index (χ2n) is 19.7. The molecule has 1 saturated heterocycles. The van der Waals surface area contributed by atoms with Crippen LogP contribution in [0.4, 0.5) is 0 Å². The van der Waals surface area contributed by atoms with Crippen LogP contribution in [0.3, 0.4) is 0 Å². The molecule has 0 spiro atoms. The van der Waals surface area contributed by atoms with Gasteiger partial charge in [-0.3, -0.25) is 4.79 Å². The Morgan fingerprint density at radius 2 is 0.894 bits per heavy atom. The number of carbonyl (C=O) groups is 1. The Hall–Kier alpha value is -1.59. The zero-order valence-corrected chi connectivity index (χ0v) is 43.0. The van der Waals surface area contributed by atoms with Crippen molar-refractivity contribution < 1.29 is 39.8 Å². The van der Waals surface area contributed by atoms with Gasteiger partial charge in [0.05, 0.1) is 25.4 Å². The van der Waals surface area contributed by atoms with Crippen LogP contribution in [0, 0.1) is 0 Å². The van der Waals surface area contributed by atoms with E-state index in [1.54, 1.807) is 0 Å². The average Bonchev–Trinajstić information content (AvgIpc) is 3.32. The van der Waals surface area contributed by atoms with Crippen molar-refractivity contribution in [1.29, 1.82) is 0 Å². The molecule has 0 radical (unpaired) electrons.